The maximum Gasteiger partial charge on any atom is 0.341 e. The van der Waals surface area contributed by atoms with E-state index in [9.17, 15) is 19.1 Å². The summed E-state index contributed by atoms with van der Waals surface area (Å²) in [5.74, 6) is -1.86. The molecule has 0 unspecified atom stereocenters. The SMILES string of the molecule is CN1CCC(Sc2c(F)cc3c(=O)c(C(=O)O)cn(C4CC4)c3c2Cl)CC1. The lowest BCUT2D eigenvalue weighted by Gasteiger charge is -2.29. The van der Waals surface area contributed by atoms with Crippen molar-refractivity contribution in [2.45, 2.75) is 41.9 Å². The van der Waals surface area contributed by atoms with E-state index in [-0.39, 0.29) is 27.3 Å². The molecule has 1 aliphatic heterocycles. The maximum atomic E-state index is 14.9. The average Bonchev–Trinajstić information content (AvgIpc) is 3.46. The third-order valence-electron chi connectivity index (χ3n) is 5.29. The first kappa shape index (κ1) is 18.8. The number of piperidine rings is 1. The van der Waals surface area contributed by atoms with Gasteiger partial charge in [0.1, 0.15) is 11.4 Å². The van der Waals surface area contributed by atoms with E-state index in [1.54, 1.807) is 4.57 Å². The molecule has 1 aromatic carbocycles. The Morgan fingerprint density at radius 1 is 1.30 bits per heavy atom. The number of rotatable bonds is 4. The Balaban J connectivity index is 1.85. The Kier molecular flexibility index (Phi) is 4.94. The van der Waals surface area contributed by atoms with E-state index in [1.165, 1.54) is 18.0 Å². The van der Waals surface area contributed by atoms with E-state index in [1.807, 2.05) is 0 Å². The average molecular weight is 411 g/mol. The molecule has 2 fully saturated rings. The quantitative estimate of drug-likeness (QED) is 0.825. The normalized spacial score (nSPS) is 18.9. The predicted molar refractivity (Wildman–Crippen MR) is 105 cm³/mol. The van der Waals surface area contributed by atoms with Crippen molar-refractivity contribution < 1.29 is 14.3 Å². The van der Waals surface area contributed by atoms with Gasteiger partial charge >= 0.3 is 5.97 Å². The lowest BCUT2D eigenvalue weighted by Crippen LogP contribution is -2.31. The fraction of sp³-hybridized carbons (Fsp3) is 0.474. The number of benzene rings is 1. The lowest BCUT2D eigenvalue weighted by molar-refractivity contribution is 0.0695. The van der Waals surface area contributed by atoms with Crippen molar-refractivity contribution in [2.24, 2.45) is 0 Å². The molecule has 1 saturated carbocycles. The van der Waals surface area contributed by atoms with Crippen LogP contribution in [0.3, 0.4) is 0 Å². The molecule has 5 nitrogen and oxygen atoms in total. The van der Waals surface area contributed by atoms with Crippen LogP contribution in [0.25, 0.3) is 10.9 Å². The van der Waals surface area contributed by atoms with Gasteiger partial charge < -0.3 is 14.6 Å². The summed E-state index contributed by atoms with van der Waals surface area (Å²) in [6.07, 6.45) is 5.04. The van der Waals surface area contributed by atoms with Gasteiger partial charge in [0.15, 0.2) is 0 Å². The Hall–Kier alpha value is -1.57. The van der Waals surface area contributed by atoms with Crippen LogP contribution in [0.5, 0.6) is 0 Å². The summed E-state index contributed by atoms with van der Waals surface area (Å²) < 4.78 is 16.6. The third-order valence-corrected chi connectivity index (χ3v) is 7.21. The molecule has 144 valence electrons. The molecule has 0 radical (unpaired) electrons. The third kappa shape index (κ3) is 3.48. The first-order chi connectivity index (χ1) is 12.9. The zero-order valence-corrected chi connectivity index (χ0v) is 16.4. The van der Waals surface area contributed by atoms with Gasteiger partial charge in [-0.15, -0.1) is 11.8 Å². The van der Waals surface area contributed by atoms with E-state index < -0.39 is 17.2 Å². The molecule has 2 aromatic rings. The van der Waals surface area contributed by atoms with Gasteiger partial charge in [-0.3, -0.25) is 4.79 Å². The van der Waals surface area contributed by atoms with Gasteiger partial charge in [0, 0.05) is 17.5 Å². The fourth-order valence-electron chi connectivity index (χ4n) is 3.59. The monoisotopic (exact) mass is 410 g/mol. The highest BCUT2D eigenvalue weighted by Crippen LogP contribution is 2.43. The second-order valence-electron chi connectivity index (χ2n) is 7.33. The minimum Gasteiger partial charge on any atom is -0.477 e. The summed E-state index contributed by atoms with van der Waals surface area (Å²) >= 11 is 8.02. The number of aromatic carboxylic acids is 1. The molecular formula is C19H20ClFN2O3S. The molecular weight excluding hydrogens is 391 g/mol. The van der Waals surface area contributed by atoms with Gasteiger partial charge in [0.25, 0.3) is 0 Å². The lowest BCUT2D eigenvalue weighted by atomic mass is 10.1. The molecule has 0 bridgehead atoms. The molecule has 1 saturated heterocycles. The Morgan fingerprint density at radius 3 is 2.56 bits per heavy atom. The summed E-state index contributed by atoms with van der Waals surface area (Å²) in [6.45, 7) is 1.92. The Bertz CT molecular complexity index is 981. The number of carbonyl (C=O) groups is 1. The van der Waals surface area contributed by atoms with Crippen LogP contribution in [0.15, 0.2) is 22.0 Å². The van der Waals surface area contributed by atoms with Crippen LogP contribution in [-0.4, -0.2) is 45.9 Å². The van der Waals surface area contributed by atoms with Crippen LogP contribution in [0.1, 0.15) is 42.1 Å². The summed E-state index contributed by atoms with van der Waals surface area (Å²) in [6, 6.07) is 1.27. The van der Waals surface area contributed by atoms with Crippen molar-refractivity contribution >= 4 is 40.2 Å². The zero-order chi connectivity index (χ0) is 19.3. The van der Waals surface area contributed by atoms with Crippen molar-refractivity contribution in [1.82, 2.24) is 9.47 Å². The van der Waals surface area contributed by atoms with Crippen molar-refractivity contribution in [1.29, 1.82) is 0 Å². The van der Waals surface area contributed by atoms with Gasteiger partial charge in [-0.05, 0) is 51.9 Å². The summed E-state index contributed by atoms with van der Waals surface area (Å²) in [7, 11) is 2.07. The summed E-state index contributed by atoms with van der Waals surface area (Å²) in [4.78, 5) is 26.6. The molecule has 1 aromatic heterocycles. The van der Waals surface area contributed by atoms with Crippen molar-refractivity contribution in [3.05, 3.63) is 38.9 Å². The van der Waals surface area contributed by atoms with E-state index in [0.29, 0.717) is 10.4 Å². The summed E-state index contributed by atoms with van der Waals surface area (Å²) in [5, 5.41) is 9.86. The topological polar surface area (TPSA) is 62.5 Å². The number of nitrogens with zero attached hydrogens (tertiary/aromatic N) is 2. The number of carboxylic acid groups (broad SMARTS) is 1. The maximum absolute atomic E-state index is 14.9. The standard InChI is InChI=1S/C19H20ClFN2O3S/c1-22-6-4-11(5-7-22)27-18-14(21)8-12-16(15(18)20)23(10-2-3-10)9-13(17(12)24)19(25)26/h8-11H,2-7H2,1H3,(H,25,26). The number of fused-ring (bicyclic) bond motifs is 1. The molecule has 2 aliphatic rings. The van der Waals surface area contributed by atoms with Crippen LogP contribution in [-0.2, 0) is 0 Å². The van der Waals surface area contributed by atoms with E-state index in [0.717, 1.165) is 44.8 Å². The highest BCUT2D eigenvalue weighted by molar-refractivity contribution is 8.00. The molecule has 2 heterocycles. The Labute approximate surface area is 165 Å². The van der Waals surface area contributed by atoms with E-state index in [2.05, 4.69) is 11.9 Å². The van der Waals surface area contributed by atoms with Crippen LogP contribution in [0.2, 0.25) is 5.02 Å². The fourth-order valence-corrected chi connectivity index (χ4v) is 5.17. The van der Waals surface area contributed by atoms with Crippen LogP contribution < -0.4 is 5.43 Å². The highest BCUT2D eigenvalue weighted by Gasteiger charge is 2.30. The number of aromatic nitrogens is 1. The van der Waals surface area contributed by atoms with Gasteiger partial charge in [0.05, 0.1) is 20.8 Å². The molecule has 1 N–H and O–H groups in total. The number of hydrogen-bond acceptors (Lipinski definition) is 4. The van der Waals surface area contributed by atoms with Gasteiger partial charge in [0.2, 0.25) is 5.43 Å². The zero-order valence-electron chi connectivity index (χ0n) is 14.9. The minimum absolute atomic E-state index is 0.0389. The predicted octanol–water partition coefficient (Wildman–Crippen LogP) is 4.01. The largest absolute Gasteiger partial charge is 0.477 e. The number of thioether (sulfide) groups is 1. The van der Waals surface area contributed by atoms with Crippen molar-refractivity contribution in [3.63, 3.8) is 0 Å². The van der Waals surface area contributed by atoms with E-state index >= 15 is 0 Å². The van der Waals surface area contributed by atoms with Gasteiger partial charge in [-0.1, -0.05) is 11.6 Å². The molecule has 0 amide bonds. The number of likely N-dealkylation sites (tertiary alicyclic amines) is 1. The van der Waals surface area contributed by atoms with Gasteiger partial charge in [-0.2, -0.15) is 0 Å². The molecule has 4 rings (SSSR count). The van der Waals surface area contributed by atoms with Crippen LogP contribution in [0, 0.1) is 5.82 Å². The minimum atomic E-state index is -1.31. The molecule has 8 heteroatoms. The molecule has 1 aliphatic carbocycles. The smallest absolute Gasteiger partial charge is 0.341 e. The first-order valence-electron chi connectivity index (χ1n) is 9.02. The van der Waals surface area contributed by atoms with Crippen molar-refractivity contribution in [2.75, 3.05) is 20.1 Å². The number of carboxylic acids is 1. The molecule has 27 heavy (non-hydrogen) atoms. The highest BCUT2D eigenvalue weighted by atomic mass is 35.5. The number of pyridine rings is 1. The van der Waals surface area contributed by atoms with Gasteiger partial charge in [-0.25, -0.2) is 9.18 Å². The summed E-state index contributed by atoms with van der Waals surface area (Å²) in [5.41, 5.74) is -0.586. The van der Waals surface area contributed by atoms with Crippen LogP contribution >= 0.6 is 23.4 Å². The second kappa shape index (κ2) is 7.11. The van der Waals surface area contributed by atoms with Crippen molar-refractivity contribution in [3.8, 4) is 0 Å². The Morgan fingerprint density at radius 2 is 1.96 bits per heavy atom. The molecule has 0 atom stereocenters. The number of halogens is 2. The first-order valence-corrected chi connectivity index (χ1v) is 10.3. The number of hydrogen-bond donors (Lipinski definition) is 1. The van der Waals surface area contributed by atoms with Crippen LogP contribution in [0.4, 0.5) is 4.39 Å². The molecule has 0 spiro atoms. The second-order valence-corrected chi connectivity index (χ2v) is 9.02. The van der Waals surface area contributed by atoms with E-state index in [4.69, 9.17) is 11.6 Å².